The number of aromatic nitrogens is 3. The van der Waals surface area contributed by atoms with E-state index in [4.69, 9.17) is 0 Å². The van der Waals surface area contributed by atoms with Crippen LogP contribution in [0.3, 0.4) is 0 Å². The largest absolute Gasteiger partial charge is 0.478 e. The maximum atomic E-state index is 13.2. The third kappa shape index (κ3) is 7.87. The molecule has 1 aromatic heterocycles. The van der Waals surface area contributed by atoms with Crippen molar-refractivity contribution in [2.24, 2.45) is 0 Å². The number of benzene rings is 4. The standard InChI is InChI=1S/C33H26N6O12S2/c1-39(2)33-37-31(34-17-3-7-19(8-4-17)52(48,49)21-11-13-23(27(40)41)25(15-21)29(44)45)36-32(38-33)35-18-5-9-20(10-6-18)53(50,51)22-12-14-24(28(42)43)26(16-22)30(46)47/h3-16H,1-2H3,(H,40,41)(H,42,43)(H,44,45)(H,46,47)(H2,34,35,36,37,38). The molecule has 0 atom stereocenters. The molecule has 18 nitrogen and oxygen atoms in total. The first kappa shape index (κ1) is 37.3. The highest BCUT2D eigenvalue weighted by Crippen LogP contribution is 2.28. The molecule has 1 heterocycles. The lowest BCUT2D eigenvalue weighted by molar-refractivity contribution is 0.0651. The summed E-state index contributed by atoms with van der Waals surface area (Å²) in [4.78, 5) is 59.1. The van der Waals surface area contributed by atoms with Gasteiger partial charge in [-0.25, -0.2) is 36.0 Å². The van der Waals surface area contributed by atoms with Crippen molar-refractivity contribution in [2.45, 2.75) is 19.6 Å². The van der Waals surface area contributed by atoms with E-state index in [-0.39, 0.29) is 27.6 Å². The van der Waals surface area contributed by atoms with Crippen LogP contribution in [-0.4, -0.2) is 90.2 Å². The Kier molecular flexibility index (Phi) is 10.1. The highest BCUT2D eigenvalue weighted by Gasteiger charge is 2.25. The fourth-order valence-electron chi connectivity index (χ4n) is 4.75. The Labute approximate surface area is 299 Å². The Morgan fingerprint density at radius 1 is 0.491 bits per heavy atom. The quantitative estimate of drug-likeness (QED) is 0.0992. The number of sulfone groups is 2. The van der Waals surface area contributed by atoms with Crippen molar-refractivity contribution in [3.8, 4) is 0 Å². The second kappa shape index (κ2) is 14.4. The van der Waals surface area contributed by atoms with E-state index in [2.05, 4.69) is 25.6 Å². The van der Waals surface area contributed by atoms with Gasteiger partial charge in [-0.05, 0) is 84.9 Å². The van der Waals surface area contributed by atoms with Crippen LogP contribution in [0.25, 0.3) is 0 Å². The molecule has 4 aromatic carbocycles. The molecule has 0 amide bonds. The number of nitrogens with one attached hydrogen (secondary N) is 2. The van der Waals surface area contributed by atoms with Crippen LogP contribution in [0, 0.1) is 0 Å². The average Bonchev–Trinajstić information content (AvgIpc) is 3.11. The van der Waals surface area contributed by atoms with Gasteiger partial charge in [-0.1, -0.05) is 0 Å². The first-order chi connectivity index (χ1) is 24.9. The van der Waals surface area contributed by atoms with Crippen molar-refractivity contribution < 1.29 is 56.4 Å². The molecule has 0 spiro atoms. The van der Waals surface area contributed by atoms with E-state index in [0.717, 1.165) is 36.4 Å². The minimum Gasteiger partial charge on any atom is -0.478 e. The van der Waals surface area contributed by atoms with Gasteiger partial charge in [-0.15, -0.1) is 0 Å². The fourth-order valence-corrected chi connectivity index (χ4v) is 7.32. The average molecular weight is 763 g/mol. The number of hydrogen-bond donors (Lipinski definition) is 6. The molecule has 272 valence electrons. The summed E-state index contributed by atoms with van der Waals surface area (Å²) in [5.74, 6) is -6.02. The molecule has 0 saturated carbocycles. The number of hydrogen-bond acceptors (Lipinski definition) is 14. The van der Waals surface area contributed by atoms with Gasteiger partial charge in [-0.3, -0.25) is 0 Å². The molecule has 5 aromatic rings. The van der Waals surface area contributed by atoms with E-state index in [1.807, 2.05) is 0 Å². The summed E-state index contributed by atoms with van der Waals surface area (Å²) in [7, 11) is -5.17. The molecule has 0 aliphatic carbocycles. The molecule has 53 heavy (non-hydrogen) atoms. The highest BCUT2D eigenvalue weighted by atomic mass is 32.2. The van der Waals surface area contributed by atoms with E-state index in [1.165, 1.54) is 48.5 Å². The van der Waals surface area contributed by atoms with Gasteiger partial charge >= 0.3 is 23.9 Å². The van der Waals surface area contributed by atoms with Crippen molar-refractivity contribution in [3.05, 3.63) is 107 Å². The monoisotopic (exact) mass is 762 g/mol. The lowest BCUT2D eigenvalue weighted by Crippen LogP contribution is -2.15. The number of carbonyl (C=O) groups is 4. The van der Waals surface area contributed by atoms with Gasteiger partial charge in [0.05, 0.1) is 41.8 Å². The summed E-state index contributed by atoms with van der Waals surface area (Å²) in [6.07, 6.45) is 0. The number of aromatic carboxylic acids is 4. The Morgan fingerprint density at radius 3 is 1.11 bits per heavy atom. The van der Waals surface area contributed by atoms with Gasteiger partial charge in [-0.2, -0.15) is 15.0 Å². The third-order valence-electron chi connectivity index (χ3n) is 7.39. The molecule has 0 fully saturated rings. The predicted molar refractivity (Wildman–Crippen MR) is 185 cm³/mol. The predicted octanol–water partition coefficient (Wildman–Crippen LogP) is 3.88. The van der Waals surface area contributed by atoms with Crippen LogP contribution in [0.5, 0.6) is 0 Å². The maximum absolute atomic E-state index is 13.2. The van der Waals surface area contributed by atoms with Gasteiger partial charge in [0.1, 0.15) is 0 Å². The van der Waals surface area contributed by atoms with E-state index in [9.17, 15) is 56.4 Å². The summed E-state index contributed by atoms with van der Waals surface area (Å²) >= 11 is 0. The molecule has 0 saturated heterocycles. The molecule has 0 aliphatic rings. The van der Waals surface area contributed by atoms with Crippen LogP contribution in [0.2, 0.25) is 0 Å². The maximum Gasteiger partial charge on any atom is 0.336 e. The van der Waals surface area contributed by atoms with Crippen molar-refractivity contribution in [1.29, 1.82) is 0 Å². The van der Waals surface area contributed by atoms with Crippen molar-refractivity contribution in [2.75, 3.05) is 29.6 Å². The zero-order valence-electron chi connectivity index (χ0n) is 27.2. The molecular weight excluding hydrogens is 737 g/mol. The minimum absolute atomic E-state index is 0.0235. The number of rotatable bonds is 13. The smallest absolute Gasteiger partial charge is 0.336 e. The molecule has 0 radical (unpaired) electrons. The van der Waals surface area contributed by atoms with Crippen LogP contribution >= 0.6 is 0 Å². The molecule has 5 rings (SSSR count). The minimum atomic E-state index is -4.25. The number of anilines is 5. The second-order valence-electron chi connectivity index (χ2n) is 11.1. The van der Waals surface area contributed by atoms with Crippen molar-refractivity contribution in [1.82, 2.24) is 15.0 Å². The van der Waals surface area contributed by atoms with E-state index >= 15 is 0 Å². The normalized spacial score (nSPS) is 11.4. The second-order valence-corrected chi connectivity index (χ2v) is 15.0. The number of nitrogens with zero attached hydrogens (tertiary/aromatic N) is 4. The van der Waals surface area contributed by atoms with Crippen LogP contribution in [0.4, 0.5) is 29.2 Å². The summed E-state index contributed by atoms with van der Waals surface area (Å²) < 4.78 is 52.9. The van der Waals surface area contributed by atoms with Gasteiger partial charge in [0.15, 0.2) is 0 Å². The topological polar surface area (TPSA) is 283 Å². The van der Waals surface area contributed by atoms with Crippen LogP contribution in [0.1, 0.15) is 41.4 Å². The van der Waals surface area contributed by atoms with Crippen molar-refractivity contribution >= 4 is 72.8 Å². The highest BCUT2D eigenvalue weighted by molar-refractivity contribution is 7.91. The summed E-state index contributed by atoms with van der Waals surface area (Å²) in [5.41, 5.74) is -1.82. The fraction of sp³-hybridized carbons (Fsp3) is 0.0606. The van der Waals surface area contributed by atoms with E-state index in [1.54, 1.807) is 19.0 Å². The summed E-state index contributed by atoms with van der Waals surface area (Å²) in [5, 5.41) is 43.1. The first-order valence-electron chi connectivity index (χ1n) is 14.8. The molecular formula is C33H26N6O12S2. The third-order valence-corrected chi connectivity index (χ3v) is 10.9. The number of carboxylic acids is 4. The molecule has 20 heteroatoms. The SMILES string of the molecule is CN(C)c1nc(Nc2ccc(S(=O)(=O)c3ccc(C(=O)O)c(C(=O)O)c3)cc2)nc(Nc2ccc(S(=O)(=O)c3ccc(C(=O)O)c(C(=O)O)c3)cc2)n1. The lowest BCUT2D eigenvalue weighted by atomic mass is 10.1. The van der Waals surface area contributed by atoms with E-state index in [0.29, 0.717) is 11.4 Å². The molecule has 6 N–H and O–H groups in total. The summed E-state index contributed by atoms with van der Waals surface area (Å²) in [6, 6.07) is 16.0. The zero-order chi connectivity index (χ0) is 38.8. The van der Waals surface area contributed by atoms with Crippen LogP contribution in [-0.2, 0) is 19.7 Å². The Morgan fingerprint density at radius 2 is 0.811 bits per heavy atom. The summed E-state index contributed by atoms with van der Waals surface area (Å²) in [6.45, 7) is 0. The van der Waals surface area contributed by atoms with E-state index < -0.39 is 75.6 Å². The van der Waals surface area contributed by atoms with Crippen LogP contribution in [0.15, 0.2) is 105 Å². The Balaban J connectivity index is 1.37. The number of carboxylic acid groups (broad SMARTS) is 4. The van der Waals surface area contributed by atoms with Gasteiger partial charge in [0.2, 0.25) is 37.5 Å². The van der Waals surface area contributed by atoms with Crippen LogP contribution < -0.4 is 15.5 Å². The van der Waals surface area contributed by atoms with Gasteiger partial charge in [0.25, 0.3) is 0 Å². The zero-order valence-corrected chi connectivity index (χ0v) is 28.9. The van der Waals surface area contributed by atoms with Gasteiger partial charge < -0.3 is 36.0 Å². The van der Waals surface area contributed by atoms with Gasteiger partial charge in [0, 0.05) is 25.5 Å². The molecule has 0 unspecified atom stereocenters. The molecule has 0 aliphatic heterocycles. The Bertz CT molecular complexity index is 2360. The Hall–Kier alpha value is -6.93. The lowest BCUT2D eigenvalue weighted by Gasteiger charge is -2.15. The molecule has 0 bridgehead atoms. The van der Waals surface area contributed by atoms with Crippen molar-refractivity contribution in [3.63, 3.8) is 0 Å². The first-order valence-corrected chi connectivity index (χ1v) is 17.7.